The van der Waals surface area contributed by atoms with Gasteiger partial charge in [-0.15, -0.1) is 0 Å². The van der Waals surface area contributed by atoms with Crippen LogP contribution in [0.5, 0.6) is 0 Å². The van der Waals surface area contributed by atoms with Crippen LogP contribution in [0.3, 0.4) is 0 Å². The summed E-state index contributed by atoms with van der Waals surface area (Å²) < 4.78 is 0. The number of amides is 1. The van der Waals surface area contributed by atoms with Gasteiger partial charge >= 0.3 is 0 Å². The molecule has 3 rings (SSSR count). The fourth-order valence-electron chi connectivity index (χ4n) is 2.74. The zero-order chi connectivity index (χ0) is 15.0. The normalized spacial score (nSPS) is 14.3. The highest BCUT2D eigenvalue weighted by Gasteiger charge is 2.26. The Morgan fingerprint density at radius 3 is 2.95 bits per heavy atom. The summed E-state index contributed by atoms with van der Waals surface area (Å²) in [6.07, 6.45) is 1.85. The third kappa shape index (κ3) is 2.39. The van der Waals surface area contributed by atoms with Crippen LogP contribution in [0.4, 0.5) is 11.4 Å². The van der Waals surface area contributed by atoms with E-state index in [9.17, 15) is 4.79 Å². The van der Waals surface area contributed by atoms with Crippen LogP contribution in [0.25, 0.3) is 0 Å². The molecule has 21 heavy (non-hydrogen) atoms. The largest absolute Gasteiger partial charge is 0.398 e. The van der Waals surface area contributed by atoms with Gasteiger partial charge in [0.15, 0.2) is 5.69 Å². The number of nitrogens with zero attached hydrogens (tertiary/aromatic N) is 2. The number of benzene rings is 1. The molecule has 5 heteroatoms. The molecule has 1 aromatic heterocycles. The average molecular weight is 284 g/mol. The lowest BCUT2D eigenvalue weighted by Crippen LogP contribution is -2.36. The van der Waals surface area contributed by atoms with Crippen LogP contribution in [-0.4, -0.2) is 22.6 Å². The van der Waals surface area contributed by atoms with Gasteiger partial charge in [0.2, 0.25) is 0 Å². The van der Waals surface area contributed by atoms with Gasteiger partial charge in [0.1, 0.15) is 0 Å². The maximum absolute atomic E-state index is 12.7. The van der Waals surface area contributed by atoms with Gasteiger partial charge in [0.05, 0.1) is 0 Å². The van der Waals surface area contributed by atoms with Crippen molar-refractivity contribution in [3.05, 3.63) is 41.2 Å². The smallest absolute Gasteiger partial charge is 0.278 e. The summed E-state index contributed by atoms with van der Waals surface area (Å²) in [6, 6.07) is 7.58. The van der Waals surface area contributed by atoms with Crippen molar-refractivity contribution < 1.29 is 4.79 Å². The first-order valence-corrected chi connectivity index (χ1v) is 7.32. The van der Waals surface area contributed by atoms with Crippen LogP contribution in [0.15, 0.2) is 24.3 Å². The second kappa shape index (κ2) is 5.24. The highest BCUT2D eigenvalue weighted by molar-refractivity contribution is 6.06. The summed E-state index contributed by atoms with van der Waals surface area (Å²) >= 11 is 0. The molecule has 0 saturated carbocycles. The van der Waals surface area contributed by atoms with Crippen LogP contribution in [-0.2, 0) is 6.42 Å². The molecular weight excluding hydrogens is 264 g/mol. The van der Waals surface area contributed by atoms with Crippen molar-refractivity contribution in [1.82, 2.24) is 10.2 Å². The maximum atomic E-state index is 12.7. The highest BCUT2D eigenvalue weighted by Crippen LogP contribution is 2.32. The summed E-state index contributed by atoms with van der Waals surface area (Å²) in [5.41, 5.74) is 10.2. The molecule has 0 bridgehead atoms. The van der Waals surface area contributed by atoms with Gasteiger partial charge in [-0.1, -0.05) is 19.9 Å². The standard InChI is InChI=1S/C16H20N4O/c1-10(2)13-9-14(19-18-13)16(21)20-8-4-5-11-12(17)6-3-7-15(11)20/h3,6-7,9-10H,4-5,8,17H2,1-2H3,(H,18,19). The van der Waals surface area contributed by atoms with Crippen LogP contribution in [0, 0.1) is 0 Å². The number of aromatic nitrogens is 2. The second-order valence-electron chi connectivity index (χ2n) is 5.77. The molecular formula is C16H20N4O. The second-order valence-corrected chi connectivity index (χ2v) is 5.77. The summed E-state index contributed by atoms with van der Waals surface area (Å²) in [4.78, 5) is 14.5. The molecule has 110 valence electrons. The number of aromatic amines is 1. The van der Waals surface area contributed by atoms with Gasteiger partial charge in [0.25, 0.3) is 5.91 Å². The molecule has 0 unspecified atom stereocenters. The van der Waals surface area contributed by atoms with Crippen molar-refractivity contribution in [3.8, 4) is 0 Å². The Hall–Kier alpha value is -2.30. The van der Waals surface area contributed by atoms with Crippen molar-refractivity contribution in [1.29, 1.82) is 0 Å². The van der Waals surface area contributed by atoms with Crippen molar-refractivity contribution in [2.24, 2.45) is 0 Å². The van der Waals surface area contributed by atoms with E-state index in [1.165, 1.54) is 0 Å². The zero-order valence-electron chi connectivity index (χ0n) is 12.4. The Kier molecular flexibility index (Phi) is 3.41. The van der Waals surface area contributed by atoms with Gasteiger partial charge in [-0.25, -0.2) is 0 Å². The molecule has 2 heterocycles. The maximum Gasteiger partial charge on any atom is 0.278 e. The SMILES string of the molecule is CC(C)c1cc(C(=O)N2CCCc3c(N)cccc32)n[nH]1. The molecule has 0 saturated heterocycles. The highest BCUT2D eigenvalue weighted by atomic mass is 16.2. The Balaban J connectivity index is 1.94. The van der Waals surface area contributed by atoms with E-state index in [4.69, 9.17) is 5.73 Å². The minimum absolute atomic E-state index is 0.0651. The fraction of sp³-hybridized carbons (Fsp3) is 0.375. The predicted molar refractivity (Wildman–Crippen MR) is 83.5 cm³/mol. The molecule has 0 radical (unpaired) electrons. The third-order valence-corrected chi connectivity index (χ3v) is 3.97. The fourth-order valence-corrected chi connectivity index (χ4v) is 2.74. The quantitative estimate of drug-likeness (QED) is 0.833. The Labute approximate surface area is 124 Å². The summed E-state index contributed by atoms with van der Waals surface area (Å²) in [7, 11) is 0. The van der Waals surface area contributed by atoms with E-state index in [-0.39, 0.29) is 5.91 Å². The van der Waals surface area contributed by atoms with E-state index in [2.05, 4.69) is 24.0 Å². The van der Waals surface area contributed by atoms with E-state index in [0.29, 0.717) is 18.2 Å². The molecule has 3 N–H and O–H groups in total. The number of H-pyrrole nitrogens is 1. The monoisotopic (exact) mass is 284 g/mol. The third-order valence-electron chi connectivity index (χ3n) is 3.97. The Morgan fingerprint density at radius 1 is 1.43 bits per heavy atom. The van der Waals surface area contributed by atoms with E-state index in [0.717, 1.165) is 35.5 Å². The Morgan fingerprint density at radius 2 is 2.24 bits per heavy atom. The first kappa shape index (κ1) is 13.7. The lowest BCUT2D eigenvalue weighted by molar-refractivity contribution is 0.0980. The minimum atomic E-state index is -0.0651. The average Bonchev–Trinajstić information content (AvgIpc) is 2.96. The molecule has 0 aliphatic carbocycles. The van der Waals surface area contributed by atoms with E-state index in [1.807, 2.05) is 24.3 Å². The van der Waals surface area contributed by atoms with Gasteiger partial charge in [0, 0.05) is 23.6 Å². The van der Waals surface area contributed by atoms with E-state index in [1.54, 1.807) is 4.90 Å². The molecule has 5 nitrogen and oxygen atoms in total. The zero-order valence-corrected chi connectivity index (χ0v) is 12.4. The lowest BCUT2D eigenvalue weighted by atomic mass is 9.99. The molecule has 0 fully saturated rings. The number of nitrogens with two attached hydrogens (primary N) is 1. The van der Waals surface area contributed by atoms with Gasteiger partial charge in [-0.05, 0) is 42.5 Å². The molecule has 0 spiro atoms. The minimum Gasteiger partial charge on any atom is -0.398 e. The molecule has 1 amide bonds. The molecule has 2 aromatic rings. The summed E-state index contributed by atoms with van der Waals surface area (Å²) in [5.74, 6) is 0.257. The number of carbonyl (C=O) groups is 1. The van der Waals surface area contributed by atoms with Crippen molar-refractivity contribution >= 4 is 17.3 Å². The van der Waals surface area contributed by atoms with Crippen LogP contribution in [0.2, 0.25) is 0 Å². The molecule has 1 aliphatic heterocycles. The van der Waals surface area contributed by atoms with Crippen molar-refractivity contribution in [3.63, 3.8) is 0 Å². The topological polar surface area (TPSA) is 75.0 Å². The van der Waals surface area contributed by atoms with Gasteiger partial charge in [-0.3, -0.25) is 9.89 Å². The van der Waals surface area contributed by atoms with E-state index < -0.39 is 0 Å². The van der Waals surface area contributed by atoms with Crippen molar-refractivity contribution in [2.45, 2.75) is 32.6 Å². The van der Waals surface area contributed by atoms with Crippen molar-refractivity contribution in [2.75, 3.05) is 17.2 Å². The number of carbonyl (C=O) groups excluding carboxylic acids is 1. The number of nitrogens with one attached hydrogen (secondary N) is 1. The number of nitrogen functional groups attached to an aromatic ring is 1. The molecule has 1 aromatic carbocycles. The number of hydrogen-bond acceptors (Lipinski definition) is 3. The number of anilines is 2. The number of rotatable bonds is 2. The lowest BCUT2D eigenvalue weighted by Gasteiger charge is -2.29. The number of fused-ring (bicyclic) bond motifs is 1. The number of hydrogen-bond donors (Lipinski definition) is 2. The Bertz CT molecular complexity index is 675. The van der Waals surface area contributed by atoms with Crippen LogP contribution in [0.1, 0.15) is 47.9 Å². The predicted octanol–water partition coefficient (Wildman–Crippen LogP) is 2.71. The van der Waals surface area contributed by atoms with Crippen LogP contribution < -0.4 is 10.6 Å². The van der Waals surface area contributed by atoms with E-state index >= 15 is 0 Å². The summed E-state index contributed by atoms with van der Waals surface area (Å²) in [5, 5.41) is 7.10. The summed E-state index contributed by atoms with van der Waals surface area (Å²) in [6.45, 7) is 4.84. The molecule has 0 atom stereocenters. The molecule has 1 aliphatic rings. The first-order chi connectivity index (χ1) is 10.1. The first-order valence-electron chi connectivity index (χ1n) is 7.32. The van der Waals surface area contributed by atoms with Crippen LogP contribution >= 0.6 is 0 Å². The van der Waals surface area contributed by atoms with Gasteiger partial charge in [-0.2, -0.15) is 5.10 Å². The van der Waals surface area contributed by atoms with Gasteiger partial charge < -0.3 is 10.6 Å².